The minimum Gasteiger partial charge on any atom is -0.487 e. The summed E-state index contributed by atoms with van der Waals surface area (Å²) < 4.78 is 11.5. The van der Waals surface area contributed by atoms with Gasteiger partial charge in [-0.3, -0.25) is 0 Å². The lowest BCUT2D eigenvalue weighted by Crippen LogP contribution is -2.25. The molecule has 0 saturated carbocycles. The van der Waals surface area contributed by atoms with Crippen LogP contribution in [0.1, 0.15) is 43.7 Å². The maximum atomic E-state index is 6.08. The molecule has 3 rings (SSSR count). The van der Waals surface area contributed by atoms with Gasteiger partial charge in [-0.25, -0.2) is 0 Å². The number of hydrogen-bond donors (Lipinski definition) is 1. The van der Waals surface area contributed by atoms with E-state index in [-0.39, 0.29) is 11.6 Å². The van der Waals surface area contributed by atoms with Crippen LogP contribution in [0.5, 0.6) is 5.75 Å². The lowest BCUT2D eigenvalue weighted by Gasteiger charge is -2.19. The smallest absolute Gasteiger partial charge is 0.127 e. The van der Waals surface area contributed by atoms with Crippen molar-refractivity contribution < 1.29 is 9.15 Å². The number of hydrogen-bond acceptors (Lipinski definition) is 3. The third-order valence-corrected chi connectivity index (χ3v) is 3.74. The highest BCUT2D eigenvalue weighted by molar-refractivity contribution is 5.45. The number of nitrogens with one attached hydrogen (secondary N) is 1. The lowest BCUT2D eigenvalue weighted by atomic mass is 10.0. The van der Waals surface area contributed by atoms with Gasteiger partial charge in [-0.15, -0.1) is 0 Å². The van der Waals surface area contributed by atoms with Gasteiger partial charge >= 0.3 is 0 Å². The Labute approximate surface area is 119 Å². The van der Waals surface area contributed by atoms with Crippen LogP contribution in [0.3, 0.4) is 0 Å². The highest BCUT2D eigenvalue weighted by Gasteiger charge is 2.31. The van der Waals surface area contributed by atoms with E-state index in [2.05, 4.69) is 44.3 Å². The first-order chi connectivity index (χ1) is 9.55. The summed E-state index contributed by atoms with van der Waals surface area (Å²) in [5, 5.41) is 3.48. The van der Waals surface area contributed by atoms with Crippen molar-refractivity contribution in [3.8, 4) is 5.75 Å². The molecule has 0 fully saturated rings. The molecule has 0 spiro atoms. The van der Waals surface area contributed by atoms with Crippen LogP contribution in [-0.2, 0) is 13.0 Å². The van der Waals surface area contributed by atoms with Gasteiger partial charge in [0, 0.05) is 18.5 Å². The normalized spacial score (nSPS) is 17.6. The van der Waals surface area contributed by atoms with Crippen molar-refractivity contribution in [2.45, 2.75) is 45.4 Å². The van der Waals surface area contributed by atoms with Gasteiger partial charge in [0.25, 0.3) is 0 Å². The Balaban J connectivity index is 1.72. The molecule has 0 amide bonds. The van der Waals surface area contributed by atoms with Gasteiger partial charge in [-0.05, 0) is 38.5 Å². The van der Waals surface area contributed by atoms with E-state index in [0.717, 1.165) is 24.5 Å². The molecule has 1 N–H and O–H groups in total. The second-order valence-corrected chi connectivity index (χ2v) is 6.06. The first-order valence-corrected chi connectivity index (χ1v) is 7.12. The van der Waals surface area contributed by atoms with Gasteiger partial charge in [0.15, 0.2) is 0 Å². The van der Waals surface area contributed by atoms with Crippen LogP contribution in [0.4, 0.5) is 0 Å². The predicted octanol–water partition coefficient (Wildman–Crippen LogP) is 3.84. The van der Waals surface area contributed by atoms with Crippen LogP contribution in [-0.4, -0.2) is 5.60 Å². The Morgan fingerprint density at radius 2 is 2.10 bits per heavy atom. The zero-order valence-electron chi connectivity index (χ0n) is 12.3. The van der Waals surface area contributed by atoms with Gasteiger partial charge < -0.3 is 14.5 Å². The Bertz CT molecular complexity index is 587. The second kappa shape index (κ2) is 4.98. The Morgan fingerprint density at radius 3 is 2.85 bits per heavy atom. The molecular weight excluding hydrogens is 250 g/mol. The van der Waals surface area contributed by atoms with E-state index in [1.165, 1.54) is 11.1 Å². The number of fused-ring (bicyclic) bond motifs is 1. The Kier molecular flexibility index (Phi) is 3.30. The molecule has 1 aliphatic heterocycles. The van der Waals surface area contributed by atoms with Crippen LogP contribution in [0.15, 0.2) is 41.0 Å². The summed E-state index contributed by atoms with van der Waals surface area (Å²) in [6.07, 6.45) is 2.68. The molecule has 2 aromatic rings. The maximum absolute atomic E-state index is 6.08. The minimum atomic E-state index is -0.0922. The summed E-state index contributed by atoms with van der Waals surface area (Å²) in [6.45, 7) is 7.15. The van der Waals surface area contributed by atoms with Crippen molar-refractivity contribution in [2.24, 2.45) is 0 Å². The maximum Gasteiger partial charge on any atom is 0.127 e. The third kappa shape index (κ3) is 2.59. The first-order valence-electron chi connectivity index (χ1n) is 7.12. The quantitative estimate of drug-likeness (QED) is 0.917. The molecule has 2 heterocycles. The van der Waals surface area contributed by atoms with Crippen molar-refractivity contribution in [2.75, 3.05) is 0 Å². The minimum absolute atomic E-state index is 0.0922. The van der Waals surface area contributed by atoms with Gasteiger partial charge in [-0.1, -0.05) is 18.2 Å². The number of furan rings is 1. The molecule has 1 aromatic heterocycles. The molecule has 0 aliphatic carbocycles. The fraction of sp³-hybridized carbons (Fsp3) is 0.412. The second-order valence-electron chi connectivity index (χ2n) is 6.06. The van der Waals surface area contributed by atoms with Gasteiger partial charge in [0.05, 0.1) is 12.3 Å². The zero-order valence-corrected chi connectivity index (χ0v) is 12.3. The molecule has 1 atom stereocenters. The number of rotatable bonds is 4. The topological polar surface area (TPSA) is 34.4 Å². The van der Waals surface area contributed by atoms with E-state index < -0.39 is 0 Å². The Hall–Kier alpha value is -1.74. The number of para-hydroxylation sites is 1. The van der Waals surface area contributed by atoms with Crippen molar-refractivity contribution in [1.82, 2.24) is 5.32 Å². The summed E-state index contributed by atoms with van der Waals surface area (Å²) >= 11 is 0. The molecule has 1 aromatic carbocycles. The van der Waals surface area contributed by atoms with E-state index in [1.54, 1.807) is 6.26 Å². The van der Waals surface area contributed by atoms with E-state index in [9.17, 15) is 0 Å². The lowest BCUT2D eigenvalue weighted by molar-refractivity contribution is 0.137. The van der Waals surface area contributed by atoms with Crippen LogP contribution in [0.25, 0.3) is 0 Å². The van der Waals surface area contributed by atoms with E-state index in [4.69, 9.17) is 9.15 Å². The predicted molar refractivity (Wildman–Crippen MR) is 78.8 cm³/mol. The largest absolute Gasteiger partial charge is 0.487 e. The van der Waals surface area contributed by atoms with Crippen molar-refractivity contribution in [1.29, 1.82) is 0 Å². The summed E-state index contributed by atoms with van der Waals surface area (Å²) in [6, 6.07) is 10.5. The molecular formula is C17H21NO2. The highest BCUT2D eigenvalue weighted by Crippen LogP contribution is 2.37. The molecule has 106 valence electrons. The molecule has 0 bridgehead atoms. The Morgan fingerprint density at radius 1 is 1.25 bits per heavy atom. The average Bonchev–Trinajstić information content (AvgIpc) is 3.01. The van der Waals surface area contributed by atoms with Crippen molar-refractivity contribution >= 4 is 0 Å². The van der Waals surface area contributed by atoms with Crippen LogP contribution < -0.4 is 10.1 Å². The van der Waals surface area contributed by atoms with Crippen LogP contribution in [0.2, 0.25) is 0 Å². The summed E-state index contributed by atoms with van der Waals surface area (Å²) in [5.74, 6) is 2.01. The molecule has 0 saturated heterocycles. The number of ether oxygens (including phenoxy) is 1. The summed E-state index contributed by atoms with van der Waals surface area (Å²) in [7, 11) is 0. The van der Waals surface area contributed by atoms with E-state index in [0.29, 0.717) is 0 Å². The molecule has 3 nitrogen and oxygen atoms in total. The van der Waals surface area contributed by atoms with E-state index in [1.807, 2.05) is 12.1 Å². The third-order valence-electron chi connectivity index (χ3n) is 3.74. The molecule has 0 radical (unpaired) electrons. The molecule has 3 heteroatoms. The first kappa shape index (κ1) is 13.3. The van der Waals surface area contributed by atoms with Gasteiger partial charge in [0.2, 0.25) is 0 Å². The van der Waals surface area contributed by atoms with Crippen molar-refractivity contribution in [3.63, 3.8) is 0 Å². The summed E-state index contributed by atoms with van der Waals surface area (Å²) in [5.41, 5.74) is 2.43. The summed E-state index contributed by atoms with van der Waals surface area (Å²) in [4.78, 5) is 0. The SMILES string of the molecule is CC(NCc1cccc2c1OC(C)(C)C2)c1ccco1. The average molecular weight is 271 g/mol. The molecule has 1 aliphatic rings. The van der Waals surface area contributed by atoms with Gasteiger partial charge in [0.1, 0.15) is 17.1 Å². The standard InChI is InChI=1S/C17H21NO2/c1-12(15-8-5-9-19-15)18-11-14-7-4-6-13-10-17(2,3)20-16(13)14/h4-9,12,18H,10-11H2,1-3H3. The monoisotopic (exact) mass is 271 g/mol. The van der Waals surface area contributed by atoms with E-state index >= 15 is 0 Å². The van der Waals surface area contributed by atoms with Crippen LogP contribution >= 0.6 is 0 Å². The molecule has 1 unspecified atom stereocenters. The zero-order chi connectivity index (χ0) is 14.2. The van der Waals surface area contributed by atoms with Crippen LogP contribution in [0, 0.1) is 0 Å². The van der Waals surface area contributed by atoms with Crippen molar-refractivity contribution in [3.05, 3.63) is 53.5 Å². The fourth-order valence-electron chi connectivity index (χ4n) is 2.72. The fourth-order valence-corrected chi connectivity index (χ4v) is 2.72. The van der Waals surface area contributed by atoms with Gasteiger partial charge in [-0.2, -0.15) is 0 Å². The molecule has 20 heavy (non-hydrogen) atoms. The number of benzene rings is 1. The highest BCUT2D eigenvalue weighted by atomic mass is 16.5.